The van der Waals surface area contributed by atoms with E-state index in [0.29, 0.717) is 12.1 Å². The molecular formula is C11H13ClN2O3. The van der Waals surface area contributed by atoms with Crippen molar-refractivity contribution in [1.82, 2.24) is 0 Å². The van der Waals surface area contributed by atoms with E-state index in [0.717, 1.165) is 0 Å². The Morgan fingerprint density at radius 3 is 2.59 bits per heavy atom. The lowest BCUT2D eigenvalue weighted by Gasteiger charge is -2.13. The van der Waals surface area contributed by atoms with Crippen LogP contribution < -0.4 is 11.5 Å². The molecule has 1 aromatic carbocycles. The number of primary amides is 1. The molecule has 1 amide bonds. The van der Waals surface area contributed by atoms with Crippen molar-refractivity contribution >= 4 is 29.2 Å². The summed E-state index contributed by atoms with van der Waals surface area (Å²) in [6, 6.07) is 4.39. The second kappa shape index (κ2) is 5.54. The molecule has 92 valence electrons. The average Bonchev–Trinajstić information content (AvgIpc) is 2.24. The Bertz CT molecular complexity index is 448. The molecule has 0 aliphatic rings. The molecule has 0 heterocycles. The van der Waals surface area contributed by atoms with E-state index in [2.05, 4.69) is 0 Å². The number of anilines is 1. The fourth-order valence-electron chi connectivity index (χ4n) is 1.23. The van der Waals surface area contributed by atoms with Crippen molar-refractivity contribution in [2.45, 2.75) is 19.4 Å². The molecule has 0 aliphatic carbocycles. The topological polar surface area (TPSA) is 95.4 Å². The van der Waals surface area contributed by atoms with Crippen LogP contribution in [0.3, 0.4) is 0 Å². The van der Waals surface area contributed by atoms with Crippen LogP contribution in [0, 0.1) is 0 Å². The second-order valence-electron chi connectivity index (χ2n) is 3.44. The van der Waals surface area contributed by atoms with E-state index in [1.807, 2.05) is 0 Å². The second-order valence-corrected chi connectivity index (χ2v) is 3.85. The number of nitrogen functional groups attached to an aromatic ring is 1. The summed E-state index contributed by atoms with van der Waals surface area (Å²) in [6.45, 7) is 1.69. The van der Waals surface area contributed by atoms with Gasteiger partial charge in [-0.3, -0.25) is 4.79 Å². The molecule has 1 unspecified atom stereocenters. The van der Waals surface area contributed by atoms with Crippen molar-refractivity contribution in [2.24, 2.45) is 5.73 Å². The number of hydrogen-bond donors (Lipinski definition) is 2. The summed E-state index contributed by atoms with van der Waals surface area (Å²) in [6.07, 6.45) is -0.635. The van der Waals surface area contributed by atoms with E-state index in [1.54, 1.807) is 6.92 Å². The van der Waals surface area contributed by atoms with E-state index < -0.39 is 18.0 Å². The SMILES string of the molecule is CCC(OC(=O)c1ccc(N)cc1Cl)C(N)=O. The number of carbonyl (C=O) groups is 2. The van der Waals surface area contributed by atoms with Crippen molar-refractivity contribution in [3.05, 3.63) is 28.8 Å². The lowest BCUT2D eigenvalue weighted by atomic mass is 10.2. The zero-order valence-electron chi connectivity index (χ0n) is 9.27. The van der Waals surface area contributed by atoms with Gasteiger partial charge < -0.3 is 16.2 Å². The molecule has 0 aliphatic heterocycles. The fraction of sp³-hybridized carbons (Fsp3) is 0.273. The number of rotatable bonds is 4. The summed E-state index contributed by atoms with van der Waals surface area (Å²) in [5.41, 5.74) is 11.2. The third kappa shape index (κ3) is 3.35. The molecule has 0 saturated heterocycles. The van der Waals surface area contributed by atoms with Gasteiger partial charge in [0.15, 0.2) is 6.10 Å². The zero-order chi connectivity index (χ0) is 13.0. The highest BCUT2D eigenvalue weighted by molar-refractivity contribution is 6.33. The number of benzene rings is 1. The van der Waals surface area contributed by atoms with Crippen LogP contribution >= 0.6 is 11.6 Å². The molecule has 17 heavy (non-hydrogen) atoms. The molecule has 0 saturated carbocycles. The largest absolute Gasteiger partial charge is 0.449 e. The molecule has 5 nitrogen and oxygen atoms in total. The third-order valence-electron chi connectivity index (χ3n) is 2.15. The van der Waals surface area contributed by atoms with E-state index in [1.165, 1.54) is 18.2 Å². The quantitative estimate of drug-likeness (QED) is 0.628. The van der Waals surface area contributed by atoms with Crippen molar-refractivity contribution in [3.63, 3.8) is 0 Å². The molecule has 4 N–H and O–H groups in total. The monoisotopic (exact) mass is 256 g/mol. The third-order valence-corrected chi connectivity index (χ3v) is 2.46. The van der Waals surface area contributed by atoms with Crippen LogP contribution in [-0.2, 0) is 9.53 Å². The highest BCUT2D eigenvalue weighted by Gasteiger charge is 2.20. The van der Waals surface area contributed by atoms with Crippen molar-refractivity contribution < 1.29 is 14.3 Å². The van der Waals surface area contributed by atoms with Crippen LogP contribution in [0.2, 0.25) is 5.02 Å². The van der Waals surface area contributed by atoms with Gasteiger partial charge in [-0.15, -0.1) is 0 Å². The lowest BCUT2D eigenvalue weighted by Crippen LogP contribution is -2.32. The molecule has 6 heteroatoms. The Morgan fingerprint density at radius 1 is 1.47 bits per heavy atom. The van der Waals surface area contributed by atoms with Crippen LogP contribution in [0.4, 0.5) is 5.69 Å². The summed E-state index contributed by atoms with van der Waals surface area (Å²) in [4.78, 5) is 22.6. The first-order chi connectivity index (χ1) is 7.95. The van der Waals surface area contributed by atoms with E-state index in [9.17, 15) is 9.59 Å². The molecular weight excluding hydrogens is 244 g/mol. The standard InChI is InChI=1S/C11H13ClN2O3/c1-2-9(10(14)15)17-11(16)7-4-3-6(13)5-8(7)12/h3-5,9H,2,13H2,1H3,(H2,14,15). The van der Waals surface area contributed by atoms with Gasteiger partial charge in [-0.2, -0.15) is 0 Å². The summed E-state index contributed by atoms with van der Waals surface area (Å²) >= 11 is 5.83. The lowest BCUT2D eigenvalue weighted by molar-refractivity contribution is -0.126. The van der Waals surface area contributed by atoms with Gasteiger partial charge in [-0.1, -0.05) is 18.5 Å². The van der Waals surface area contributed by atoms with Gasteiger partial charge in [0.25, 0.3) is 5.91 Å². The van der Waals surface area contributed by atoms with Crippen LogP contribution in [0.15, 0.2) is 18.2 Å². The predicted molar refractivity (Wildman–Crippen MR) is 64.6 cm³/mol. The predicted octanol–water partition coefficient (Wildman–Crippen LogP) is 1.34. The number of amides is 1. The van der Waals surface area contributed by atoms with Crippen molar-refractivity contribution in [2.75, 3.05) is 5.73 Å². The van der Waals surface area contributed by atoms with Crippen molar-refractivity contribution in [3.8, 4) is 0 Å². The normalized spacial score (nSPS) is 11.9. The summed E-state index contributed by atoms with van der Waals surface area (Å²) < 4.78 is 4.93. The Labute approximate surface area is 104 Å². The maximum atomic E-state index is 11.7. The molecule has 0 fully saturated rings. The number of ether oxygens (including phenoxy) is 1. The minimum absolute atomic E-state index is 0.153. The van der Waals surface area contributed by atoms with E-state index in [-0.39, 0.29) is 10.6 Å². The van der Waals surface area contributed by atoms with Gasteiger partial charge in [-0.05, 0) is 24.6 Å². The average molecular weight is 257 g/mol. The minimum atomic E-state index is -0.948. The summed E-state index contributed by atoms with van der Waals surface area (Å²) in [5.74, 6) is -1.38. The maximum absolute atomic E-state index is 11.7. The number of hydrogen-bond acceptors (Lipinski definition) is 4. The van der Waals surface area contributed by atoms with Crippen LogP contribution in [0.25, 0.3) is 0 Å². The van der Waals surface area contributed by atoms with Gasteiger partial charge in [0.05, 0.1) is 10.6 Å². The summed E-state index contributed by atoms with van der Waals surface area (Å²) in [7, 11) is 0. The van der Waals surface area contributed by atoms with Gasteiger partial charge in [-0.25, -0.2) is 4.79 Å². The van der Waals surface area contributed by atoms with Crippen molar-refractivity contribution in [1.29, 1.82) is 0 Å². The van der Waals surface area contributed by atoms with Gasteiger partial charge in [0.1, 0.15) is 0 Å². The Hall–Kier alpha value is -1.75. The molecule has 0 aromatic heterocycles. The smallest absolute Gasteiger partial charge is 0.340 e. The minimum Gasteiger partial charge on any atom is -0.449 e. The number of nitrogens with two attached hydrogens (primary N) is 2. The van der Waals surface area contributed by atoms with Gasteiger partial charge in [0.2, 0.25) is 0 Å². The molecule has 0 radical (unpaired) electrons. The molecule has 0 spiro atoms. The number of halogens is 1. The Balaban J connectivity index is 2.86. The molecule has 0 bridgehead atoms. The molecule has 1 rings (SSSR count). The maximum Gasteiger partial charge on any atom is 0.340 e. The van der Waals surface area contributed by atoms with E-state index >= 15 is 0 Å². The zero-order valence-corrected chi connectivity index (χ0v) is 10.0. The number of esters is 1. The highest BCUT2D eigenvalue weighted by Crippen LogP contribution is 2.20. The van der Waals surface area contributed by atoms with Gasteiger partial charge in [0, 0.05) is 5.69 Å². The van der Waals surface area contributed by atoms with Crippen LogP contribution in [-0.4, -0.2) is 18.0 Å². The van der Waals surface area contributed by atoms with Crippen LogP contribution in [0.1, 0.15) is 23.7 Å². The number of carbonyl (C=O) groups excluding carboxylic acids is 2. The fourth-order valence-corrected chi connectivity index (χ4v) is 1.50. The van der Waals surface area contributed by atoms with Crippen LogP contribution in [0.5, 0.6) is 0 Å². The van der Waals surface area contributed by atoms with Gasteiger partial charge >= 0.3 is 5.97 Å². The first kappa shape index (κ1) is 13.3. The highest BCUT2D eigenvalue weighted by atomic mass is 35.5. The molecule has 1 aromatic rings. The first-order valence-corrected chi connectivity index (χ1v) is 5.38. The summed E-state index contributed by atoms with van der Waals surface area (Å²) in [5, 5.41) is 0.175. The Morgan fingerprint density at radius 2 is 2.12 bits per heavy atom. The first-order valence-electron chi connectivity index (χ1n) is 5.01. The van der Waals surface area contributed by atoms with E-state index in [4.69, 9.17) is 27.8 Å². The molecule has 1 atom stereocenters. The Kier molecular flexibility index (Phi) is 4.34.